The van der Waals surface area contributed by atoms with Gasteiger partial charge in [0.05, 0.1) is 11.8 Å². The Hall–Kier alpha value is -2.79. The van der Waals surface area contributed by atoms with Gasteiger partial charge in [0.2, 0.25) is 0 Å². The van der Waals surface area contributed by atoms with Crippen molar-refractivity contribution >= 4 is 27.0 Å². The number of ketones is 1. The molecule has 2 atom stereocenters. The van der Waals surface area contributed by atoms with Crippen molar-refractivity contribution in [2.24, 2.45) is 7.05 Å². The highest BCUT2D eigenvalue weighted by molar-refractivity contribution is 7.90. The molecule has 3 aromatic rings. The molecule has 7 nitrogen and oxygen atoms in total. The number of hydrogen-bond acceptors (Lipinski definition) is 6. The lowest BCUT2D eigenvalue weighted by molar-refractivity contribution is 0.103. The molecule has 0 aliphatic rings. The van der Waals surface area contributed by atoms with Crippen molar-refractivity contribution in [2.45, 2.75) is 44.2 Å². The second-order valence-electron chi connectivity index (χ2n) is 10.1. The lowest BCUT2D eigenvalue weighted by Gasteiger charge is -2.27. The molecule has 1 N–H and O–H groups in total. The second-order valence-corrected chi connectivity index (χ2v) is 14.2. The number of aryl methyl sites for hydroxylation is 1. The molecule has 2 aromatic carbocycles. The lowest BCUT2D eigenvalue weighted by atomic mass is 9.89. The van der Waals surface area contributed by atoms with E-state index in [1.165, 1.54) is 34.9 Å². The third-order valence-electron chi connectivity index (χ3n) is 5.72. The van der Waals surface area contributed by atoms with E-state index >= 15 is 0 Å². The fourth-order valence-electron chi connectivity index (χ4n) is 3.79. The molecule has 0 saturated carbocycles. The number of nitrogens with one attached hydrogen (secondary N) is 1. The maximum Gasteiger partial charge on any atom is 0.250 e. The smallest absolute Gasteiger partial charge is 0.250 e. The van der Waals surface area contributed by atoms with Crippen LogP contribution in [0.5, 0.6) is 0 Å². The minimum atomic E-state index is -3.37. The summed E-state index contributed by atoms with van der Waals surface area (Å²) in [4.78, 5) is 26.1. The lowest BCUT2D eigenvalue weighted by Crippen LogP contribution is -2.41. The first-order valence-corrected chi connectivity index (χ1v) is 14.8. The first-order valence-electron chi connectivity index (χ1n) is 11.6. The average molecular weight is 547 g/mol. The van der Waals surface area contributed by atoms with E-state index in [0.29, 0.717) is 22.3 Å². The molecule has 198 valence electrons. The fraction of sp³-hybridized carbons (Fsp3) is 0.333. The molecule has 1 aromatic heterocycles. The van der Waals surface area contributed by atoms with Crippen LogP contribution >= 0.6 is 0 Å². The van der Waals surface area contributed by atoms with E-state index in [9.17, 15) is 27.0 Å². The quantitative estimate of drug-likeness (QED) is 0.337. The van der Waals surface area contributed by atoms with E-state index < -0.39 is 37.8 Å². The Kier molecular flexibility index (Phi) is 8.48. The van der Waals surface area contributed by atoms with Crippen LogP contribution in [0, 0.1) is 5.82 Å². The number of carbonyl (C=O) groups is 1. The highest BCUT2D eigenvalue weighted by Crippen LogP contribution is 2.33. The van der Waals surface area contributed by atoms with Crippen LogP contribution in [0.1, 0.15) is 60.8 Å². The maximum absolute atomic E-state index is 13.5. The largest absolute Gasteiger partial charge is 0.598 e. The second kappa shape index (κ2) is 10.9. The molecule has 0 radical (unpaired) electrons. The predicted octanol–water partition coefficient (Wildman–Crippen LogP) is 4.08. The topological polar surface area (TPSA) is 108 Å². The van der Waals surface area contributed by atoms with Crippen LogP contribution in [0.25, 0.3) is 11.1 Å². The van der Waals surface area contributed by atoms with Crippen LogP contribution in [0.2, 0.25) is 0 Å². The number of sulfone groups is 1. The van der Waals surface area contributed by atoms with Crippen LogP contribution in [0.4, 0.5) is 4.39 Å². The summed E-state index contributed by atoms with van der Waals surface area (Å²) in [5.74, 6) is -1.11. The van der Waals surface area contributed by atoms with Gasteiger partial charge < -0.3 is 9.12 Å². The fourth-order valence-corrected chi connectivity index (χ4v) is 5.38. The van der Waals surface area contributed by atoms with Crippen molar-refractivity contribution in [3.8, 4) is 11.1 Å². The molecule has 0 fully saturated rings. The van der Waals surface area contributed by atoms with Crippen LogP contribution in [0.3, 0.4) is 0 Å². The standard InChI is InChI=1S/C27H31FN2O5S2/c1-17(29-36(33)27(2,3)4)22-14-25(31)30(5)15-24(22)23-13-18(16-37(6,34)35)7-12-21(23)26(32)19-8-10-20(28)11-9-19/h7-15,17,29H,16H2,1-6H3/t17-,36?/m0/s1. The van der Waals surface area contributed by atoms with Crippen molar-refractivity contribution in [1.29, 1.82) is 0 Å². The molecule has 10 heteroatoms. The third kappa shape index (κ3) is 7.16. The minimum absolute atomic E-state index is 0.242. The van der Waals surface area contributed by atoms with Crippen molar-refractivity contribution < 1.29 is 22.2 Å². The van der Waals surface area contributed by atoms with Crippen molar-refractivity contribution in [3.05, 3.63) is 93.2 Å². The number of rotatable bonds is 8. The summed E-state index contributed by atoms with van der Waals surface area (Å²) >= 11 is -1.45. The Morgan fingerprint density at radius 3 is 2.30 bits per heavy atom. The van der Waals surface area contributed by atoms with Gasteiger partial charge in [-0.25, -0.2) is 12.8 Å². The molecule has 0 aliphatic carbocycles. The molecule has 37 heavy (non-hydrogen) atoms. The van der Waals surface area contributed by atoms with Gasteiger partial charge in [0.25, 0.3) is 5.56 Å². The summed E-state index contributed by atoms with van der Waals surface area (Å²) in [7, 11) is -1.80. The monoisotopic (exact) mass is 546 g/mol. The normalized spacial score (nSPS) is 13.8. The van der Waals surface area contributed by atoms with E-state index in [-0.39, 0.29) is 28.2 Å². The molecule has 0 bridgehead atoms. The summed E-state index contributed by atoms with van der Waals surface area (Å²) in [6.45, 7) is 7.23. The Labute approximate surface area is 220 Å². The predicted molar refractivity (Wildman–Crippen MR) is 145 cm³/mol. The average Bonchev–Trinajstić information content (AvgIpc) is 2.78. The van der Waals surface area contributed by atoms with Crippen molar-refractivity contribution in [2.75, 3.05) is 6.26 Å². The van der Waals surface area contributed by atoms with Gasteiger partial charge in [0, 0.05) is 53.6 Å². The van der Waals surface area contributed by atoms with Gasteiger partial charge in [-0.2, -0.15) is 0 Å². The third-order valence-corrected chi connectivity index (χ3v) is 8.26. The van der Waals surface area contributed by atoms with E-state index in [4.69, 9.17) is 0 Å². The first-order chi connectivity index (χ1) is 17.1. The van der Waals surface area contributed by atoms with E-state index in [1.54, 1.807) is 38.4 Å². The van der Waals surface area contributed by atoms with Crippen LogP contribution in [-0.4, -0.2) is 34.3 Å². The van der Waals surface area contributed by atoms with Crippen LogP contribution in [-0.2, 0) is 34.0 Å². The molecule has 1 heterocycles. The number of pyridine rings is 1. The molecule has 3 rings (SSSR count). The summed E-state index contributed by atoms with van der Waals surface area (Å²) < 4.78 is 54.2. The molecular formula is C27H31FN2O5S2. The Bertz CT molecular complexity index is 1480. The number of hydrogen-bond donors (Lipinski definition) is 1. The first kappa shape index (κ1) is 28.8. The maximum atomic E-state index is 13.5. The summed E-state index contributed by atoms with van der Waals surface area (Å²) in [6.07, 6.45) is 2.70. The SMILES string of the molecule is C[C@H](N[S+]([O-])C(C)(C)C)c1cc(=O)n(C)cc1-c1cc(CS(C)(=O)=O)ccc1C(=O)c1ccc(F)cc1. The molecule has 0 aliphatic heterocycles. The van der Waals surface area contributed by atoms with Crippen molar-refractivity contribution in [1.82, 2.24) is 9.29 Å². The highest BCUT2D eigenvalue weighted by atomic mass is 32.2. The van der Waals surface area contributed by atoms with Crippen LogP contribution in [0.15, 0.2) is 59.5 Å². The Morgan fingerprint density at radius 2 is 1.73 bits per heavy atom. The van der Waals surface area contributed by atoms with Gasteiger partial charge in [0.1, 0.15) is 10.6 Å². The van der Waals surface area contributed by atoms with Gasteiger partial charge in [-0.05, 0) is 74.7 Å². The number of aromatic nitrogens is 1. The molecule has 0 saturated heterocycles. The van der Waals surface area contributed by atoms with Crippen molar-refractivity contribution in [3.63, 3.8) is 0 Å². The zero-order valence-electron chi connectivity index (χ0n) is 21.7. The number of nitrogens with zero attached hydrogens (tertiary/aromatic N) is 1. The van der Waals surface area contributed by atoms with E-state index in [2.05, 4.69) is 4.72 Å². The number of halogens is 1. The minimum Gasteiger partial charge on any atom is -0.598 e. The summed E-state index contributed by atoms with van der Waals surface area (Å²) in [6, 6.07) is 10.7. The molecule has 1 unspecified atom stereocenters. The Balaban J connectivity index is 2.26. The van der Waals surface area contributed by atoms with Gasteiger partial charge >= 0.3 is 0 Å². The van der Waals surface area contributed by atoms with Gasteiger partial charge in [-0.3, -0.25) is 9.59 Å². The van der Waals surface area contributed by atoms with Crippen LogP contribution < -0.4 is 10.3 Å². The molecule has 0 spiro atoms. The highest BCUT2D eigenvalue weighted by Gasteiger charge is 2.30. The molecule has 0 amide bonds. The number of carbonyl (C=O) groups excluding carboxylic acids is 1. The zero-order valence-corrected chi connectivity index (χ0v) is 23.3. The van der Waals surface area contributed by atoms with Gasteiger partial charge in [-0.15, -0.1) is 4.72 Å². The van der Waals surface area contributed by atoms with E-state index in [0.717, 1.165) is 6.26 Å². The number of benzene rings is 2. The van der Waals surface area contributed by atoms with Gasteiger partial charge in [0.15, 0.2) is 15.6 Å². The molecular weight excluding hydrogens is 515 g/mol. The van der Waals surface area contributed by atoms with E-state index in [1.807, 2.05) is 20.8 Å². The zero-order chi connectivity index (χ0) is 27.7. The Morgan fingerprint density at radius 1 is 1.11 bits per heavy atom. The summed E-state index contributed by atoms with van der Waals surface area (Å²) in [5, 5.41) is 0. The van der Waals surface area contributed by atoms with Gasteiger partial charge in [-0.1, -0.05) is 12.1 Å². The summed E-state index contributed by atoms with van der Waals surface area (Å²) in [5.41, 5.74) is 2.10.